The van der Waals surface area contributed by atoms with E-state index in [1.807, 2.05) is 0 Å². The number of esters is 1. The van der Waals surface area contributed by atoms with E-state index in [4.69, 9.17) is 9.47 Å². The fourth-order valence-corrected chi connectivity index (χ4v) is 6.03. The number of unbranched alkanes of at least 4 members (excludes halogenated alkanes) is 2. The smallest absolute Gasteiger partial charge is 0.306 e. The first-order valence-corrected chi connectivity index (χ1v) is 11.9. The minimum Gasteiger partial charge on any atom is -0.497 e. The molecule has 6 atom stereocenters. The maximum Gasteiger partial charge on any atom is 0.306 e. The van der Waals surface area contributed by atoms with E-state index >= 15 is 0 Å². The van der Waals surface area contributed by atoms with E-state index in [-0.39, 0.29) is 54.3 Å². The number of carbonyl (C=O) groups excluding carboxylic acids is 4. The lowest BCUT2D eigenvalue weighted by Gasteiger charge is -2.37. The summed E-state index contributed by atoms with van der Waals surface area (Å²) in [6.45, 7) is 0.132. The van der Waals surface area contributed by atoms with Gasteiger partial charge in [-0.2, -0.15) is 0 Å². The van der Waals surface area contributed by atoms with Gasteiger partial charge in [-0.25, -0.2) is 0 Å². The Hall–Kier alpha value is -2.96. The molecule has 174 valence electrons. The van der Waals surface area contributed by atoms with Crippen molar-refractivity contribution >= 4 is 23.6 Å². The second kappa shape index (κ2) is 8.76. The number of nitrogens with zero attached hydrogens (tertiary/aromatic N) is 1. The minimum atomic E-state index is -0.418. The van der Waals surface area contributed by atoms with Crippen LogP contribution in [0.4, 0.5) is 0 Å². The molecule has 1 aliphatic heterocycles. The Balaban J connectivity index is 1.01. The minimum absolute atomic E-state index is 0.00570. The van der Waals surface area contributed by atoms with E-state index in [9.17, 15) is 19.2 Å². The highest BCUT2D eigenvalue weighted by Gasteiger charge is 2.66. The molecule has 0 aromatic heterocycles. The molecule has 0 radical (unpaired) electrons. The molecule has 7 nitrogen and oxygen atoms in total. The van der Waals surface area contributed by atoms with Gasteiger partial charge in [-0.3, -0.25) is 24.1 Å². The van der Waals surface area contributed by atoms with Crippen molar-refractivity contribution in [3.8, 4) is 5.75 Å². The number of amides is 2. The molecule has 0 spiro atoms. The van der Waals surface area contributed by atoms with Gasteiger partial charge in [-0.1, -0.05) is 18.6 Å². The van der Waals surface area contributed by atoms with E-state index in [1.165, 1.54) is 4.90 Å². The molecule has 1 saturated heterocycles. The normalized spacial score (nSPS) is 30.8. The van der Waals surface area contributed by atoms with Crippen LogP contribution in [-0.4, -0.2) is 48.7 Å². The fourth-order valence-electron chi connectivity index (χ4n) is 6.03. The number of methoxy groups -OCH3 is 1. The number of imide groups is 1. The molecule has 6 rings (SSSR count). The Morgan fingerprint density at radius 3 is 2.18 bits per heavy atom. The average molecular weight is 452 g/mol. The molecule has 1 heterocycles. The van der Waals surface area contributed by atoms with Gasteiger partial charge in [-0.15, -0.1) is 0 Å². The Labute approximate surface area is 193 Å². The summed E-state index contributed by atoms with van der Waals surface area (Å²) in [5, 5.41) is 0. The molecule has 1 aromatic carbocycles. The Morgan fingerprint density at radius 2 is 1.58 bits per heavy atom. The highest BCUT2D eigenvalue weighted by Crippen LogP contribution is 2.65. The fraction of sp³-hybridized carbons (Fsp3) is 0.538. The van der Waals surface area contributed by atoms with Crippen LogP contribution in [0.15, 0.2) is 36.4 Å². The summed E-state index contributed by atoms with van der Waals surface area (Å²) in [6.07, 6.45) is 7.71. The van der Waals surface area contributed by atoms with Gasteiger partial charge in [-0.05, 0) is 67.2 Å². The van der Waals surface area contributed by atoms with Crippen LogP contribution in [0, 0.1) is 35.5 Å². The number of hydrogen-bond donors (Lipinski definition) is 0. The van der Waals surface area contributed by atoms with Gasteiger partial charge in [0.2, 0.25) is 11.8 Å². The van der Waals surface area contributed by atoms with Crippen LogP contribution in [0.25, 0.3) is 0 Å². The average Bonchev–Trinajstić information content (AvgIpc) is 3.62. The number of ketones is 1. The van der Waals surface area contributed by atoms with Crippen molar-refractivity contribution in [1.82, 2.24) is 4.90 Å². The highest BCUT2D eigenvalue weighted by atomic mass is 16.5. The maximum absolute atomic E-state index is 12.9. The molecule has 1 aromatic rings. The van der Waals surface area contributed by atoms with Crippen LogP contribution >= 0.6 is 0 Å². The Kier molecular flexibility index (Phi) is 5.81. The van der Waals surface area contributed by atoms with Crippen LogP contribution in [-0.2, 0) is 19.1 Å². The van der Waals surface area contributed by atoms with Crippen LogP contribution in [0.1, 0.15) is 42.5 Å². The number of Topliss-reactive ketones (excluding diaryl/α,β-unsaturated/α-hetero) is 1. The van der Waals surface area contributed by atoms with Crippen molar-refractivity contribution in [3.63, 3.8) is 0 Å². The first kappa shape index (κ1) is 21.9. The molecule has 7 heteroatoms. The number of carbonyl (C=O) groups is 4. The molecule has 2 amide bonds. The summed E-state index contributed by atoms with van der Waals surface area (Å²) in [7, 11) is 1.55. The zero-order valence-corrected chi connectivity index (χ0v) is 18.8. The van der Waals surface area contributed by atoms with Gasteiger partial charge in [0.15, 0.2) is 12.4 Å². The first-order chi connectivity index (χ1) is 16.0. The molecule has 33 heavy (non-hydrogen) atoms. The van der Waals surface area contributed by atoms with Crippen molar-refractivity contribution in [3.05, 3.63) is 42.0 Å². The highest BCUT2D eigenvalue weighted by molar-refractivity contribution is 6.06. The number of rotatable bonds is 10. The van der Waals surface area contributed by atoms with Crippen LogP contribution in [0.3, 0.4) is 0 Å². The van der Waals surface area contributed by atoms with Crippen LogP contribution < -0.4 is 4.74 Å². The van der Waals surface area contributed by atoms with Gasteiger partial charge < -0.3 is 9.47 Å². The zero-order chi connectivity index (χ0) is 23.1. The molecule has 3 fully saturated rings. The van der Waals surface area contributed by atoms with E-state index in [1.54, 1.807) is 31.4 Å². The van der Waals surface area contributed by atoms with E-state index in [0.717, 1.165) is 6.42 Å². The van der Waals surface area contributed by atoms with Crippen molar-refractivity contribution in [2.75, 3.05) is 20.3 Å². The third-order valence-corrected chi connectivity index (χ3v) is 7.79. The summed E-state index contributed by atoms with van der Waals surface area (Å²) in [5.41, 5.74) is 0.463. The van der Waals surface area contributed by atoms with Gasteiger partial charge in [0.05, 0.1) is 18.9 Å². The summed E-state index contributed by atoms with van der Waals surface area (Å²) >= 11 is 0. The van der Waals surface area contributed by atoms with E-state index in [0.29, 0.717) is 49.0 Å². The van der Waals surface area contributed by atoms with E-state index in [2.05, 4.69) is 12.2 Å². The number of likely N-dealkylation sites (tertiary alicyclic amines) is 1. The topological polar surface area (TPSA) is 90.0 Å². The summed E-state index contributed by atoms with van der Waals surface area (Å²) < 4.78 is 10.2. The number of ether oxygens (including phenoxy) is 2. The molecule has 2 saturated carbocycles. The van der Waals surface area contributed by atoms with Gasteiger partial charge in [0.1, 0.15) is 5.75 Å². The van der Waals surface area contributed by atoms with Crippen LogP contribution in [0.2, 0.25) is 0 Å². The predicted octanol–water partition coefficient (Wildman–Crippen LogP) is 3.03. The SMILES string of the molecule is COc1ccc(C(=O)COC(=O)CCCCCN2C(=O)C3C4C=CC(C5CC45)C3C2=O)cc1. The number of hydrogen-bond acceptors (Lipinski definition) is 6. The van der Waals surface area contributed by atoms with Gasteiger partial charge in [0, 0.05) is 18.5 Å². The lowest BCUT2D eigenvalue weighted by molar-refractivity contribution is -0.143. The Bertz CT molecular complexity index is 963. The molecule has 4 aliphatic carbocycles. The first-order valence-electron chi connectivity index (χ1n) is 11.9. The molecule has 2 bridgehead atoms. The predicted molar refractivity (Wildman–Crippen MR) is 118 cm³/mol. The lowest BCUT2D eigenvalue weighted by Crippen LogP contribution is -2.40. The second-order valence-electron chi connectivity index (χ2n) is 9.61. The quantitative estimate of drug-likeness (QED) is 0.179. The zero-order valence-electron chi connectivity index (χ0n) is 18.8. The van der Waals surface area contributed by atoms with Gasteiger partial charge in [0.25, 0.3) is 0 Å². The maximum atomic E-state index is 12.9. The molecule has 0 N–H and O–H groups in total. The lowest BCUT2D eigenvalue weighted by atomic mass is 9.63. The second-order valence-corrected chi connectivity index (χ2v) is 9.61. The van der Waals surface area contributed by atoms with Crippen molar-refractivity contribution in [2.45, 2.75) is 32.1 Å². The molecular weight excluding hydrogens is 422 g/mol. The summed E-state index contributed by atoms with van der Waals surface area (Å²) in [6, 6.07) is 6.64. The monoisotopic (exact) mass is 451 g/mol. The standard InChI is InChI=1S/C26H29NO6/c1-32-16-8-6-15(7-9-16)21(28)14-33-22(29)5-3-2-4-12-27-25(30)23-17-10-11-18(20-13-19(17)20)24(23)26(27)31/h6-11,17-20,23-24H,2-5,12-14H2,1H3. The summed E-state index contributed by atoms with van der Waals surface area (Å²) in [4.78, 5) is 51.4. The largest absolute Gasteiger partial charge is 0.497 e. The third kappa shape index (κ3) is 3.98. The summed E-state index contributed by atoms with van der Waals surface area (Å²) in [5.74, 6) is 1.42. The van der Waals surface area contributed by atoms with Crippen molar-refractivity contribution in [2.24, 2.45) is 35.5 Å². The van der Waals surface area contributed by atoms with Crippen LogP contribution in [0.5, 0.6) is 5.75 Å². The Morgan fingerprint density at radius 1 is 0.939 bits per heavy atom. The number of allylic oxidation sites excluding steroid dienone is 2. The molecular formula is C26H29NO6. The third-order valence-electron chi connectivity index (χ3n) is 7.79. The van der Waals surface area contributed by atoms with E-state index < -0.39 is 5.97 Å². The van der Waals surface area contributed by atoms with Gasteiger partial charge >= 0.3 is 5.97 Å². The van der Waals surface area contributed by atoms with Crippen molar-refractivity contribution in [1.29, 1.82) is 0 Å². The van der Waals surface area contributed by atoms with Crippen molar-refractivity contribution < 1.29 is 28.7 Å². The molecule has 5 aliphatic rings. The number of benzene rings is 1. The molecule has 6 unspecified atom stereocenters.